The number of hydrogen-bond acceptors (Lipinski definition) is 9. The Bertz CT molecular complexity index is 4840. The van der Waals surface area contributed by atoms with Crippen LogP contribution in [0.15, 0.2) is 182 Å². The highest BCUT2D eigenvalue weighted by Gasteiger charge is 2.31. The number of nitrogens with zero attached hydrogens (tertiary/aromatic N) is 3. The first-order valence-electron chi connectivity index (χ1n) is 33.4. The summed E-state index contributed by atoms with van der Waals surface area (Å²) in [6.07, 6.45) is -6.41. The topological polar surface area (TPSA) is 203 Å². The van der Waals surface area contributed by atoms with Gasteiger partial charge in [0.2, 0.25) is 0 Å². The Kier molecular flexibility index (Phi) is 19.8. The van der Waals surface area contributed by atoms with Crippen LogP contribution in [0.1, 0.15) is 173 Å². The fourth-order valence-corrected chi connectivity index (χ4v) is 12.1. The molecule has 488 valence electrons. The van der Waals surface area contributed by atoms with Gasteiger partial charge in [0.05, 0.1) is 18.8 Å². The molecule has 9 aromatic carbocycles. The van der Waals surface area contributed by atoms with Crippen LogP contribution in [0.5, 0.6) is 0 Å². The average Bonchev–Trinajstić information content (AvgIpc) is 1.68. The molecule has 15 nitrogen and oxygen atoms in total. The zero-order valence-corrected chi connectivity index (χ0v) is 55.7. The number of anilines is 6. The third kappa shape index (κ3) is 15.9. The molecule has 0 bridgehead atoms. The highest BCUT2D eigenvalue weighted by molar-refractivity contribution is 6.32. The van der Waals surface area contributed by atoms with Crippen LogP contribution in [0.2, 0.25) is 15.1 Å². The van der Waals surface area contributed by atoms with Gasteiger partial charge in [0, 0.05) is 126 Å². The maximum Gasteiger partial charge on any atom is 0.258 e. The third-order valence-electron chi connectivity index (χ3n) is 16.6. The summed E-state index contributed by atoms with van der Waals surface area (Å²) >= 11 is 18.2. The standard InChI is InChI=1S/C26H25ClN2O3.2C26H23ClN2O3/c3*1-16-6-3-4-7-20(16)25(31)28-19-10-11-21(17(2)14-19)26(32)29-13-5-8-24(30)22-15-18(27)9-12-23(22)29/h3-4,6-7,9-12,14-15,24,30H,5,8,13H2,1-2H3,(H,28,31);2*3-4,6-7,9-12,14-15H,5,8,13H2,1-2H3,(H,28,31)/i8D2,24D;8D2;. The van der Waals surface area contributed by atoms with Crippen LogP contribution in [0.4, 0.5) is 34.1 Å². The monoisotopic (exact) mass is 1350 g/mol. The van der Waals surface area contributed by atoms with Gasteiger partial charge in [-0.1, -0.05) is 89.4 Å². The van der Waals surface area contributed by atoms with Crippen LogP contribution in [0.3, 0.4) is 0 Å². The summed E-state index contributed by atoms with van der Waals surface area (Å²) in [5, 5.41) is 20.4. The van der Waals surface area contributed by atoms with Crippen molar-refractivity contribution < 1.29 is 50.3 Å². The van der Waals surface area contributed by atoms with Crippen molar-refractivity contribution in [2.45, 2.75) is 86.1 Å². The average molecular weight is 1350 g/mol. The summed E-state index contributed by atoms with van der Waals surface area (Å²) in [5.41, 5.74) is 10.9. The third-order valence-corrected chi connectivity index (χ3v) is 17.3. The molecule has 18 heteroatoms. The lowest BCUT2D eigenvalue weighted by Gasteiger charge is -2.24. The Morgan fingerprint density at radius 3 is 1.18 bits per heavy atom. The van der Waals surface area contributed by atoms with Crippen LogP contribution in [-0.2, 0) is 0 Å². The van der Waals surface area contributed by atoms with Gasteiger partial charge in [-0.25, -0.2) is 0 Å². The van der Waals surface area contributed by atoms with E-state index in [9.17, 15) is 43.5 Å². The lowest BCUT2D eigenvalue weighted by atomic mass is 10.0. The molecule has 3 aliphatic rings. The van der Waals surface area contributed by atoms with E-state index in [0.717, 1.165) is 22.3 Å². The zero-order valence-electron chi connectivity index (χ0n) is 58.5. The predicted octanol–water partition coefficient (Wildman–Crippen LogP) is 17.3. The van der Waals surface area contributed by atoms with Gasteiger partial charge in [0.1, 0.15) is 0 Å². The number of rotatable bonds is 9. The SMILES string of the molecule is Cc1ccccc1C(=O)Nc1ccc(C(=O)N2CCCC(=O)c3cc(Cl)ccc32)c(C)c1.[2H]C1([2H])CCN(C(=O)c2ccc(NC(=O)c3ccccc3C)cc2C)c2ccc(Cl)cc2C1([2H])O.[2H]C1([2H])CCN(C(=O)c2ccc(NC(=O)c3ccccc3C)cc2C)c2ccc(Cl)cc2C1=O. The van der Waals surface area contributed by atoms with E-state index in [2.05, 4.69) is 16.0 Å². The first kappa shape index (κ1) is 62.1. The Labute approximate surface area is 580 Å². The van der Waals surface area contributed by atoms with E-state index in [0.29, 0.717) is 108 Å². The van der Waals surface area contributed by atoms with Gasteiger partial charge in [0.15, 0.2) is 11.6 Å². The molecule has 96 heavy (non-hydrogen) atoms. The van der Waals surface area contributed by atoms with Gasteiger partial charge in [-0.15, -0.1) is 0 Å². The number of fused-ring (bicyclic) bond motifs is 3. The number of amides is 6. The molecule has 0 saturated heterocycles. The number of ketones is 2. The molecule has 3 aliphatic heterocycles. The molecule has 0 spiro atoms. The van der Waals surface area contributed by atoms with Crippen molar-refractivity contribution in [2.75, 3.05) is 50.3 Å². The number of aliphatic hydroxyl groups is 1. The van der Waals surface area contributed by atoms with Gasteiger partial charge < -0.3 is 35.8 Å². The smallest absolute Gasteiger partial charge is 0.258 e. The van der Waals surface area contributed by atoms with E-state index in [-0.39, 0.29) is 83.1 Å². The molecule has 0 fully saturated rings. The minimum Gasteiger partial charge on any atom is -0.388 e. The molecule has 0 aliphatic carbocycles. The summed E-state index contributed by atoms with van der Waals surface area (Å²) in [4.78, 5) is 108. The zero-order chi connectivity index (χ0) is 73.0. The number of aryl methyl sites for hydroxylation is 6. The van der Waals surface area contributed by atoms with E-state index < -0.39 is 30.5 Å². The molecule has 12 rings (SSSR count). The molecule has 1 atom stereocenters. The van der Waals surface area contributed by atoms with Crippen molar-refractivity contribution in [2.24, 2.45) is 0 Å². The van der Waals surface area contributed by atoms with Crippen molar-refractivity contribution >= 4 is 116 Å². The number of nitrogens with one attached hydrogen (secondary N) is 3. The van der Waals surface area contributed by atoms with Crippen LogP contribution < -0.4 is 30.7 Å². The van der Waals surface area contributed by atoms with E-state index in [4.69, 9.17) is 41.7 Å². The van der Waals surface area contributed by atoms with Gasteiger partial charge >= 0.3 is 0 Å². The number of hydrogen-bond donors (Lipinski definition) is 4. The largest absolute Gasteiger partial charge is 0.388 e. The summed E-state index contributed by atoms with van der Waals surface area (Å²) in [7, 11) is 0. The second kappa shape index (κ2) is 30.6. The number of halogens is 3. The molecule has 6 amide bonds. The molecule has 0 aromatic heterocycles. The van der Waals surface area contributed by atoms with Crippen LogP contribution in [0, 0.1) is 41.5 Å². The molecular weight excluding hydrogens is 1270 g/mol. The van der Waals surface area contributed by atoms with E-state index in [1.165, 1.54) is 34.1 Å². The maximum atomic E-state index is 13.6. The van der Waals surface area contributed by atoms with E-state index >= 15 is 0 Å². The highest BCUT2D eigenvalue weighted by atomic mass is 35.5. The van der Waals surface area contributed by atoms with Crippen molar-refractivity contribution in [3.8, 4) is 0 Å². The van der Waals surface area contributed by atoms with Crippen molar-refractivity contribution in [3.05, 3.63) is 281 Å². The van der Waals surface area contributed by atoms with Crippen molar-refractivity contribution in [1.29, 1.82) is 0 Å². The molecule has 3 heterocycles. The number of Topliss-reactive ketones (excluding diaryl/α,β-unsaturated/α-hetero) is 2. The molecule has 9 aromatic rings. The lowest BCUT2D eigenvalue weighted by molar-refractivity contribution is 0.0973. The second-order valence-corrected chi connectivity index (χ2v) is 24.6. The fraction of sp³-hybridized carbons (Fsp3) is 0.205. The summed E-state index contributed by atoms with van der Waals surface area (Å²) in [6, 6.07) is 51.0. The Balaban J connectivity index is 0.000000164. The molecule has 1 unspecified atom stereocenters. The molecule has 0 radical (unpaired) electrons. The predicted molar refractivity (Wildman–Crippen MR) is 382 cm³/mol. The fourth-order valence-electron chi connectivity index (χ4n) is 11.6. The lowest BCUT2D eigenvalue weighted by Crippen LogP contribution is -2.32. The van der Waals surface area contributed by atoms with E-state index in [1.807, 2.05) is 70.2 Å². The van der Waals surface area contributed by atoms with Gasteiger partial charge in [-0.3, -0.25) is 38.4 Å². The first-order chi connectivity index (χ1) is 47.8. The quantitative estimate of drug-likeness (QED) is 0.108. The Hall–Kier alpha value is -10.0. The Morgan fingerprint density at radius 2 is 0.771 bits per heavy atom. The minimum absolute atomic E-state index is 0.0104. The van der Waals surface area contributed by atoms with Crippen molar-refractivity contribution in [1.82, 2.24) is 0 Å². The normalized spacial score (nSPS) is 16.7. The minimum atomic E-state index is -2.58. The number of benzene rings is 9. The van der Waals surface area contributed by atoms with Crippen LogP contribution in [-0.4, -0.2) is 71.8 Å². The molecule has 0 saturated carbocycles. The van der Waals surface area contributed by atoms with Gasteiger partial charge in [-0.05, 0) is 228 Å². The molecule has 4 N–H and O–H groups in total. The maximum absolute atomic E-state index is 13.6. The van der Waals surface area contributed by atoms with Crippen LogP contribution in [0.25, 0.3) is 0 Å². The first-order valence-corrected chi connectivity index (χ1v) is 32.1. The molecular formula is C78H71Cl3N6O9. The summed E-state index contributed by atoms with van der Waals surface area (Å²) in [5.74, 6) is -2.33. The summed E-state index contributed by atoms with van der Waals surface area (Å²) in [6.45, 7) is 11.4. The Morgan fingerprint density at radius 1 is 0.417 bits per heavy atom. The number of carbonyl (C=O) groups excluding carboxylic acids is 8. The summed E-state index contributed by atoms with van der Waals surface area (Å²) < 4.78 is 41.1. The van der Waals surface area contributed by atoms with Crippen LogP contribution >= 0.6 is 34.8 Å². The van der Waals surface area contributed by atoms with Gasteiger partial charge in [-0.2, -0.15) is 0 Å². The second-order valence-electron chi connectivity index (χ2n) is 23.3. The van der Waals surface area contributed by atoms with E-state index in [1.54, 1.807) is 134 Å². The highest BCUT2D eigenvalue weighted by Crippen LogP contribution is 2.37. The number of carbonyl (C=O) groups is 8. The van der Waals surface area contributed by atoms with Crippen molar-refractivity contribution in [3.63, 3.8) is 0 Å². The van der Waals surface area contributed by atoms with Gasteiger partial charge in [0.25, 0.3) is 35.4 Å².